The third kappa shape index (κ3) is 4.11. The fourth-order valence-corrected chi connectivity index (χ4v) is 3.23. The van der Waals surface area contributed by atoms with E-state index in [1.165, 1.54) is 22.7 Å². The van der Waals surface area contributed by atoms with Gasteiger partial charge in [-0.3, -0.25) is 9.59 Å². The molecule has 0 aliphatic rings. The first kappa shape index (κ1) is 15.6. The van der Waals surface area contributed by atoms with Gasteiger partial charge in [-0.15, -0.1) is 22.7 Å². The zero-order valence-electron chi connectivity index (χ0n) is 12.0. The Labute approximate surface area is 140 Å². The molecule has 3 aromatic rings. The highest BCUT2D eigenvalue weighted by atomic mass is 32.1. The van der Waals surface area contributed by atoms with Gasteiger partial charge in [0.05, 0.1) is 16.3 Å². The molecule has 0 aliphatic carbocycles. The Morgan fingerprint density at radius 2 is 1.96 bits per heavy atom. The first-order chi connectivity index (χ1) is 11.2. The first-order valence-electron chi connectivity index (χ1n) is 6.92. The minimum absolute atomic E-state index is 0.0204. The van der Waals surface area contributed by atoms with Crippen molar-refractivity contribution < 1.29 is 14.1 Å². The molecule has 8 heteroatoms. The van der Waals surface area contributed by atoms with Gasteiger partial charge < -0.3 is 9.84 Å². The van der Waals surface area contributed by atoms with E-state index in [-0.39, 0.29) is 31.1 Å². The zero-order chi connectivity index (χ0) is 16.1. The fourth-order valence-electron chi connectivity index (χ4n) is 1.88. The average molecular weight is 347 g/mol. The van der Waals surface area contributed by atoms with Crippen molar-refractivity contribution in [3.63, 3.8) is 0 Å². The van der Waals surface area contributed by atoms with Gasteiger partial charge >= 0.3 is 0 Å². The molecule has 1 N–H and O–H groups in total. The minimum Gasteiger partial charge on any atom is -0.347 e. The summed E-state index contributed by atoms with van der Waals surface area (Å²) in [6.07, 6.45) is 0.333. The maximum atomic E-state index is 11.8. The van der Waals surface area contributed by atoms with Crippen LogP contribution in [0.15, 0.2) is 39.5 Å². The van der Waals surface area contributed by atoms with Gasteiger partial charge in [0, 0.05) is 12.8 Å². The van der Waals surface area contributed by atoms with Crippen LogP contribution in [0.25, 0.3) is 10.7 Å². The number of amides is 1. The number of nitrogens with one attached hydrogen (secondary N) is 1. The van der Waals surface area contributed by atoms with Gasteiger partial charge in [-0.1, -0.05) is 17.3 Å². The number of aromatic nitrogens is 2. The molecular weight excluding hydrogens is 334 g/mol. The van der Waals surface area contributed by atoms with E-state index in [1.54, 1.807) is 6.07 Å². The molecule has 23 heavy (non-hydrogen) atoms. The summed E-state index contributed by atoms with van der Waals surface area (Å²) in [4.78, 5) is 29.4. The highest BCUT2D eigenvalue weighted by Crippen LogP contribution is 2.21. The number of hydrogen-bond acceptors (Lipinski definition) is 7. The van der Waals surface area contributed by atoms with E-state index in [0.717, 1.165) is 4.88 Å². The molecule has 118 valence electrons. The van der Waals surface area contributed by atoms with E-state index in [9.17, 15) is 9.59 Å². The number of rotatable bonds is 7. The van der Waals surface area contributed by atoms with Gasteiger partial charge in [-0.2, -0.15) is 4.98 Å². The topological polar surface area (TPSA) is 85.1 Å². The van der Waals surface area contributed by atoms with Crippen molar-refractivity contribution in [2.75, 3.05) is 0 Å². The van der Waals surface area contributed by atoms with Gasteiger partial charge in [0.25, 0.3) is 0 Å². The summed E-state index contributed by atoms with van der Waals surface area (Å²) >= 11 is 2.90. The second-order valence-corrected chi connectivity index (χ2v) is 6.56. The summed E-state index contributed by atoms with van der Waals surface area (Å²) in [5.74, 6) is 0.613. The Balaban J connectivity index is 1.45. The smallest absolute Gasteiger partial charge is 0.246 e. The molecule has 0 aromatic carbocycles. The summed E-state index contributed by atoms with van der Waals surface area (Å²) in [6.45, 7) is 0.157. The average Bonchev–Trinajstić information content (AvgIpc) is 3.32. The summed E-state index contributed by atoms with van der Waals surface area (Å²) in [5.41, 5.74) is 0. The predicted molar refractivity (Wildman–Crippen MR) is 87.3 cm³/mol. The summed E-state index contributed by atoms with van der Waals surface area (Å²) in [7, 11) is 0. The standard InChI is InChI=1S/C15H13N3O3S2/c19-10(11-3-1-7-22-11)5-6-13(20)16-9-14-17-15(18-21-14)12-4-2-8-23-12/h1-4,7-8H,5-6,9H2,(H,16,20). The number of carbonyl (C=O) groups excluding carboxylic acids is 2. The molecule has 0 spiro atoms. The van der Waals surface area contributed by atoms with Gasteiger partial charge in [-0.05, 0) is 22.9 Å². The van der Waals surface area contributed by atoms with Crippen LogP contribution in [0.2, 0.25) is 0 Å². The molecule has 0 atom stereocenters. The Morgan fingerprint density at radius 3 is 2.70 bits per heavy atom. The monoisotopic (exact) mass is 347 g/mol. The molecule has 1 amide bonds. The number of ketones is 1. The molecule has 0 unspecified atom stereocenters. The van der Waals surface area contributed by atoms with Gasteiger partial charge in [0.1, 0.15) is 0 Å². The highest BCUT2D eigenvalue weighted by Gasteiger charge is 2.12. The Morgan fingerprint density at radius 1 is 1.13 bits per heavy atom. The van der Waals surface area contributed by atoms with E-state index >= 15 is 0 Å². The van der Waals surface area contributed by atoms with E-state index in [2.05, 4.69) is 15.5 Å². The van der Waals surface area contributed by atoms with Crippen molar-refractivity contribution in [3.8, 4) is 10.7 Å². The van der Waals surface area contributed by atoms with E-state index < -0.39 is 0 Å². The van der Waals surface area contributed by atoms with Gasteiger partial charge in [0.2, 0.25) is 17.6 Å². The normalized spacial score (nSPS) is 10.6. The molecule has 0 radical (unpaired) electrons. The number of thiophene rings is 2. The maximum absolute atomic E-state index is 11.8. The number of carbonyl (C=O) groups is 2. The Bertz CT molecular complexity index is 779. The molecule has 3 aromatic heterocycles. The molecule has 0 saturated carbocycles. The lowest BCUT2D eigenvalue weighted by Gasteiger charge is -2.01. The lowest BCUT2D eigenvalue weighted by Crippen LogP contribution is -2.23. The Hall–Kier alpha value is -2.32. The van der Waals surface area contributed by atoms with Crippen LogP contribution in [0.1, 0.15) is 28.4 Å². The van der Waals surface area contributed by atoms with Crippen molar-refractivity contribution in [2.24, 2.45) is 0 Å². The van der Waals surface area contributed by atoms with Crippen LogP contribution in [-0.2, 0) is 11.3 Å². The quantitative estimate of drug-likeness (QED) is 0.664. The molecule has 0 saturated heterocycles. The molecule has 3 rings (SSSR count). The van der Waals surface area contributed by atoms with Crippen LogP contribution in [0.5, 0.6) is 0 Å². The van der Waals surface area contributed by atoms with Crippen LogP contribution in [0.4, 0.5) is 0 Å². The SMILES string of the molecule is O=C(CCC(=O)c1cccs1)NCc1nc(-c2cccs2)no1. The largest absolute Gasteiger partial charge is 0.347 e. The molecule has 0 fully saturated rings. The summed E-state index contributed by atoms with van der Waals surface area (Å²) in [6, 6.07) is 7.38. The molecule has 6 nitrogen and oxygen atoms in total. The van der Waals surface area contributed by atoms with Gasteiger partial charge in [-0.25, -0.2) is 0 Å². The van der Waals surface area contributed by atoms with Crippen LogP contribution in [0.3, 0.4) is 0 Å². The molecule has 3 heterocycles. The maximum Gasteiger partial charge on any atom is 0.246 e. The third-order valence-electron chi connectivity index (χ3n) is 3.02. The predicted octanol–water partition coefficient (Wildman–Crippen LogP) is 3.14. The van der Waals surface area contributed by atoms with Crippen molar-refractivity contribution in [1.82, 2.24) is 15.5 Å². The van der Waals surface area contributed by atoms with E-state index in [0.29, 0.717) is 16.6 Å². The number of Topliss-reactive ketones (excluding diaryl/α,β-unsaturated/α-hetero) is 1. The summed E-state index contributed by atoms with van der Waals surface area (Å²) in [5, 5.41) is 10.3. The Kier molecular flexibility index (Phi) is 4.94. The number of hydrogen-bond donors (Lipinski definition) is 1. The lowest BCUT2D eigenvalue weighted by molar-refractivity contribution is -0.121. The minimum atomic E-state index is -0.217. The molecular formula is C15H13N3O3S2. The zero-order valence-corrected chi connectivity index (χ0v) is 13.7. The van der Waals surface area contributed by atoms with Crippen LogP contribution in [-0.4, -0.2) is 21.8 Å². The van der Waals surface area contributed by atoms with Crippen molar-refractivity contribution >= 4 is 34.4 Å². The van der Waals surface area contributed by atoms with Crippen molar-refractivity contribution in [1.29, 1.82) is 0 Å². The van der Waals surface area contributed by atoms with Crippen LogP contribution < -0.4 is 5.32 Å². The van der Waals surface area contributed by atoms with Gasteiger partial charge in [0.15, 0.2) is 5.78 Å². The lowest BCUT2D eigenvalue weighted by atomic mass is 10.2. The van der Waals surface area contributed by atoms with E-state index in [1.807, 2.05) is 29.0 Å². The van der Waals surface area contributed by atoms with Crippen molar-refractivity contribution in [3.05, 3.63) is 45.8 Å². The second kappa shape index (κ2) is 7.30. The van der Waals surface area contributed by atoms with Crippen molar-refractivity contribution in [2.45, 2.75) is 19.4 Å². The van der Waals surface area contributed by atoms with Crippen LogP contribution in [0, 0.1) is 0 Å². The fraction of sp³-hybridized carbons (Fsp3) is 0.200. The van der Waals surface area contributed by atoms with E-state index in [4.69, 9.17) is 4.52 Å². The summed E-state index contributed by atoms with van der Waals surface area (Å²) < 4.78 is 5.09. The third-order valence-corrected chi connectivity index (χ3v) is 4.80. The molecule has 0 bridgehead atoms. The second-order valence-electron chi connectivity index (χ2n) is 4.67. The first-order valence-corrected chi connectivity index (χ1v) is 8.68. The van der Waals surface area contributed by atoms with Crippen LogP contribution >= 0.6 is 22.7 Å². The highest BCUT2D eigenvalue weighted by molar-refractivity contribution is 7.13. The molecule has 0 aliphatic heterocycles. The number of nitrogens with zero attached hydrogens (tertiary/aromatic N) is 2.